The van der Waals surface area contributed by atoms with E-state index in [1.165, 1.54) is 0 Å². The van der Waals surface area contributed by atoms with Gasteiger partial charge in [-0.1, -0.05) is 17.7 Å². The second-order valence-electron chi connectivity index (χ2n) is 5.05. The number of nitro groups is 1. The summed E-state index contributed by atoms with van der Waals surface area (Å²) in [6.45, 7) is 1.28. The third kappa shape index (κ3) is 4.67. The van der Waals surface area contributed by atoms with Crippen LogP contribution in [-0.2, 0) is 4.79 Å². The van der Waals surface area contributed by atoms with Crippen molar-refractivity contribution in [2.75, 3.05) is 11.9 Å². The summed E-state index contributed by atoms with van der Waals surface area (Å²) in [7, 11) is 0. The molecule has 0 aliphatic heterocycles. The van der Waals surface area contributed by atoms with Crippen molar-refractivity contribution in [3.63, 3.8) is 0 Å². The third-order valence-corrected chi connectivity index (χ3v) is 3.63. The van der Waals surface area contributed by atoms with E-state index in [9.17, 15) is 19.7 Å². The van der Waals surface area contributed by atoms with Crippen LogP contribution in [0.3, 0.4) is 0 Å². The quantitative estimate of drug-likeness (QED) is 0.599. The molecule has 0 radical (unpaired) electrons. The zero-order valence-electron chi connectivity index (χ0n) is 13.0. The van der Waals surface area contributed by atoms with Gasteiger partial charge in [0.2, 0.25) is 0 Å². The van der Waals surface area contributed by atoms with Crippen molar-refractivity contribution in [2.24, 2.45) is 0 Å². The van der Waals surface area contributed by atoms with Gasteiger partial charge in [0.1, 0.15) is 0 Å². The van der Waals surface area contributed by atoms with Gasteiger partial charge in [0.15, 0.2) is 12.4 Å². The Morgan fingerprint density at radius 1 is 1.28 bits per heavy atom. The molecule has 1 amide bonds. The molecule has 0 saturated carbocycles. The highest BCUT2D eigenvalue weighted by Crippen LogP contribution is 2.28. The molecule has 2 aromatic carbocycles. The molecule has 8 nitrogen and oxygen atoms in total. The Morgan fingerprint density at radius 2 is 2.00 bits per heavy atom. The van der Waals surface area contributed by atoms with Crippen molar-refractivity contribution in [2.45, 2.75) is 6.92 Å². The van der Waals surface area contributed by atoms with Crippen LogP contribution in [0.5, 0.6) is 5.75 Å². The highest BCUT2D eigenvalue weighted by Gasteiger charge is 2.19. The fourth-order valence-electron chi connectivity index (χ4n) is 1.92. The van der Waals surface area contributed by atoms with Crippen LogP contribution in [-0.4, -0.2) is 28.5 Å². The number of benzene rings is 2. The van der Waals surface area contributed by atoms with Gasteiger partial charge in [-0.25, -0.2) is 4.79 Å². The normalized spacial score (nSPS) is 10.2. The second kappa shape index (κ2) is 7.63. The molecule has 2 aromatic rings. The lowest BCUT2D eigenvalue weighted by Crippen LogP contribution is -2.20. The summed E-state index contributed by atoms with van der Waals surface area (Å²) in [6.07, 6.45) is 0. The molecule has 25 heavy (non-hydrogen) atoms. The van der Waals surface area contributed by atoms with Crippen molar-refractivity contribution in [3.05, 3.63) is 62.7 Å². The maximum atomic E-state index is 11.9. The summed E-state index contributed by atoms with van der Waals surface area (Å²) in [5.41, 5.74) is 0.664. The molecule has 0 unspecified atom stereocenters. The molecule has 2 rings (SSSR count). The topological polar surface area (TPSA) is 119 Å². The molecule has 0 bridgehead atoms. The molecule has 0 aliphatic carbocycles. The number of nitrogens with one attached hydrogen (secondary N) is 1. The van der Waals surface area contributed by atoms with Crippen LogP contribution in [0, 0.1) is 17.0 Å². The SMILES string of the molecule is Cc1ccc(NC(=O)COc2cc(C(=O)O)ccc2[N+](=O)[O-])cc1Cl. The number of hydrogen-bond donors (Lipinski definition) is 2. The van der Waals surface area contributed by atoms with E-state index in [2.05, 4.69) is 5.32 Å². The first-order valence-electron chi connectivity index (χ1n) is 6.98. The Bertz CT molecular complexity index is 853. The lowest BCUT2D eigenvalue weighted by Gasteiger charge is -2.09. The number of carboxylic acid groups (broad SMARTS) is 1. The largest absolute Gasteiger partial charge is 0.478 e. The lowest BCUT2D eigenvalue weighted by molar-refractivity contribution is -0.385. The van der Waals surface area contributed by atoms with Gasteiger partial charge in [0.05, 0.1) is 10.5 Å². The van der Waals surface area contributed by atoms with Crippen LogP contribution in [0.1, 0.15) is 15.9 Å². The van der Waals surface area contributed by atoms with Crippen LogP contribution in [0.25, 0.3) is 0 Å². The summed E-state index contributed by atoms with van der Waals surface area (Å²) in [5.74, 6) is -2.14. The minimum absolute atomic E-state index is 0.189. The number of nitro benzene ring substituents is 1. The summed E-state index contributed by atoms with van der Waals surface area (Å²) in [6, 6.07) is 8.02. The first-order valence-corrected chi connectivity index (χ1v) is 7.36. The first kappa shape index (κ1) is 18.2. The molecule has 0 heterocycles. The number of carboxylic acids is 1. The molecular formula is C16H13ClN2O6. The summed E-state index contributed by atoms with van der Waals surface area (Å²) in [4.78, 5) is 33.1. The van der Waals surface area contributed by atoms with Gasteiger partial charge in [-0.05, 0) is 30.7 Å². The van der Waals surface area contributed by atoms with Gasteiger partial charge in [-0.15, -0.1) is 0 Å². The molecule has 0 spiro atoms. The Labute approximate surface area is 147 Å². The van der Waals surface area contributed by atoms with Crippen LogP contribution in [0.15, 0.2) is 36.4 Å². The Hall–Kier alpha value is -3.13. The predicted molar refractivity (Wildman–Crippen MR) is 90.4 cm³/mol. The number of ether oxygens (including phenoxy) is 1. The highest BCUT2D eigenvalue weighted by atomic mass is 35.5. The van der Waals surface area contributed by atoms with E-state index in [1.807, 2.05) is 6.92 Å². The fourth-order valence-corrected chi connectivity index (χ4v) is 2.11. The van der Waals surface area contributed by atoms with Gasteiger partial charge in [0, 0.05) is 22.8 Å². The second-order valence-corrected chi connectivity index (χ2v) is 5.45. The van der Waals surface area contributed by atoms with Crippen LogP contribution < -0.4 is 10.1 Å². The number of carbonyl (C=O) groups is 2. The number of carbonyl (C=O) groups excluding carboxylic acids is 1. The Kier molecular flexibility index (Phi) is 5.56. The number of rotatable bonds is 6. The van der Waals surface area contributed by atoms with E-state index in [4.69, 9.17) is 21.4 Å². The molecule has 9 heteroatoms. The van der Waals surface area contributed by atoms with E-state index in [-0.39, 0.29) is 11.3 Å². The van der Waals surface area contributed by atoms with Gasteiger partial charge in [-0.2, -0.15) is 0 Å². The van der Waals surface area contributed by atoms with Crippen molar-refractivity contribution >= 4 is 34.9 Å². The number of nitrogens with zero attached hydrogens (tertiary/aromatic N) is 1. The van der Waals surface area contributed by atoms with Gasteiger partial charge in [-0.3, -0.25) is 14.9 Å². The molecule has 0 saturated heterocycles. The van der Waals surface area contributed by atoms with E-state index in [1.54, 1.807) is 18.2 Å². The van der Waals surface area contributed by atoms with Crippen molar-refractivity contribution < 1.29 is 24.4 Å². The smallest absolute Gasteiger partial charge is 0.335 e. The number of aromatic carboxylic acids is 1. The molecule has 0 fully saturated rings. The Balaban J connectivity index is 2.10. The average Bonchev–Trinajstić information content (AvgIpc) is 2.55. The van der Waals surface area contributed by atoms with Crippen molar-refractivity contribution in [1.29, 1.82) is 0 Å². The maximum absolute atomic E-state index is 11.9. The minimum atomic E-state index is -1.27. The van der Waals surface area contributed by atoms with E-state index in [0.717, 1.165) is 23.8 Å². The molecule has 2 N–H and O–H groups in total. The van der Waals surface area contributed by atoms with Gasteiger partial charge >= 0.3 is 11.7 Å². The van der Waals surface area contributed by atoms with Crippen molar-refractivity contribution in [1.82, 2.24) is 0 Å². The highest BCUT2D eigenvalue weighted by molar-refractivity contribution is 6.31. The van der Waals surface area contributed by atoms with E-state index in [0.29, 0.717) is 10.7 Å². The van der Waals surface area contributed by atoms with Crippen LogP contribution in [0.2, 0.25) is 5.02 Å². The molecule has 130 valence electrons. The summed E-state index contributed by atoms with van der Waals surface area (Å²) < 4.78 is 5.13. The van der Waals surface area contributed by atoms with Crippen LogP contribution in [0.4, 0.5) is 11.4 Å². The van der Waals surface area contributed by atoms with E-state index < -0.39 is 29.1 Å². The number of hydrogen-bond acceptors (Lipinski definition) is 5. The van der Waals surface area contributed by atoms with Gasteiger partial charge < -0.3 is 15.2 Å². The van der Waals surface area contributed by atoms with E-state index >= 15 is 0 Å². The number of halogens is 1. The average molecular weight is 365 g/mol. The maximum Gasteiger partial charge on any atom is 0.335 e. The fraction of sp³-hybridized carbons (Fsp3) is 0.125. The number of aryl methyl sites for hydroxylation is 1. The molecule has 0 aliphatic rings. The zero-order chi connectivity index (χ0) is 18.6. The van der Waals surface area contributed by atoms with Gasteiger partial charge in [0.25, 0.3) is 5.91 Å². The van der Waals surface area contributed by atoms with Crippen molar-refractivity contribution in [3.8, 4) is 5.75 Å². The summed E-state index contributed by atoms with van der Waals surface area (Å²) >= 11 is 5.96. The first-order chi connectivity index (χ1) is 11.8. The zero-order valence-corrected chi connectivity index (χ0v) is 13.7. The predicted octanol–water partition coefficient (Wildman–Crippen LogP) is 3.27. The number of amides is 1. The summed E-state index contributed by atoms with van der Waals surface area (Å²) in [5, 5.41) is 22.9. The Morgan fingerprint density at radius 3 is 2.60 bits per heavy atom. The lowest BCUT2D eigenvalue weighted by atomic mass is 10.2. The monoisotopic (exact) mass is 364 g/mol. The minimum Gasteiger partial charge on any atom is -0.478 e. The standard InChI is InChI=1S/C16H13ClN2O6/c1-9-2-4-11(7-12(9)17)18-15(20)8-25-14-6-10(16(21)22)3-5-13(14)19(23)24/h2-7H,8H2,1H3,(H,18,20)(H,21,22). The molecule has 0 atom stereocenters. The number of anilines is 1. The van der Waals surface area contributed by atoms with Crippen LogP contribution >= 0.6 is 11.6 Å². The third-order valence-electron chi connectivity index (χ3n) is 3.22. The molecule has 0 aromatic heterocycles. The molecular weight excluding hydrogens is 352 g/mol.